The van der Waals surface area contributed by atoms with E-state index >= 15 is 0 Å². The molecule has 0 aliphatic heterocycles. The number of ketones is 1. The van der Waals surface area contributed by atoms with E-state index in [-0.39, 0.29) is 17.9 Å². The van der Waals surface area contributed by atoms with Crippen LogP contribution in [0.25, 0.3) is 0 Å². The van der Waals surface area contributed by atoms with Crippen LogP contribution in [0.5, 0.6) is 0 Å². The molecule has 1 aliphatic carbocycles. The number of nitro groups is 1. The molecule has 0 N–H and O–H groups in total. The first kappa shape index (κ1) is 10.1. The number of rotatable bonds is 2. The predicted molar refractivity (Wildman–Crippen MR) is 51.2 cm³/mol. The lowest BCUT2D eigenvalue weighted by Crippen LogP contribution is -2.30. The molecule has 13 heavy (non-hydrogen) atoms. The number of carbonyl (C=O) groups is 1. The SMILES string of the molecule is CC(=O)C1(Br)C=CC=C([N+](=O)[O-])C1. The number of nitrogens with zero attached hydrogens (tertiary/aromatic N) is 1. The Hall–Kier alpha value is -0.970. The minimum absolute atomic E-state index is 0.0505. The second-order valence-corrected chi connectivity index (χ2v) is 4.28. The largest absolute Gasteiger partial charge is 0.298 e. The van der Waals surface area contributed by atoms with Gasteiger partial charge in [0.2, 0.25) is 5.70 Å². The third kappa shape index (κ3) is 2.03. The molecular weight excluding hydrogens is 238 g/mol. The molecule has 0 spiro atoms. The fourth-order valence-electron chi connectivity index (χ4n) is 1.06. The smallest absolute Gasteiger partial charge is 0.248 e. The molecule has 0 radical (unpaired) electrons. The van der Waals surface area contributed by atoms with Gasteiger partial charge >= 0.3 is 0 Å². The Morgan fingerprint density at radius 2 is 2.38 bits per heavy atom. The summed E-state index contributed by atoms with van der Waals surface area (Å²) in [4.78, 5) is 21.1. The lowest BCUT2D eigenvalue weighted by molar-refractivity contribution is -0.428. The van der Waals surface area contributed by atoms with Crippen LogP contribution in [0.15, 0.2) is 23.9 Å². The van der Waals surface area contributed by atoms with Crippen LogP contribution in [0.3, 0.4) is 0 Å². The molecule has 0 fully saturated rings. The van der Waals surface area contributed by atoms with Gasteiger partial charge in [0.25, 0.3) is 0 Å². The normalized spacial score (nSPS) is 26.8. The van der Waals surface area contributed by atoms with Gasteiger partial charge in [-0.25, -0.2) is 0 Å². The van der Waals surface area contributed by atoms with Crippen LogP contribution in [0.2, 0.25) is 0 Å². The Morgan fingerprint density at radius 3 is 2.85 bits per heavy atom. The molecule has 1 atom stereocenters. The van der Waals surface area contributed by atoms with Gasteiger partial charge in [-0.15, -0.1) is 0 Å². The molecule has 0 aromatic carbocycles. The summed E-state index contributed by atoms with van der Waals surface area (Å²) >= 11 is 3.19. The van der Waals surface area contributed by atoms with Crippen LogP contribution in [0.4, 0.5) is 0 Å². The van der Waals surface area contributed by atoms with Crippen LogP contribution in [0, 0.1) is 10.1 Å². The molecule has 1 unspecified atom stereocenters. The number of allylic oxidation sites excluding steroid dienone is 4. The lowest BCUT2D eigenvalue weighted by Gasteiger charge is -2.20. The third-order valence-electron chi connectivity index (χ3n) is 1.91. The number of Topliss-reactive ketones (excluding diaryl/α,β-unsaturated/α-hetero) is 1. The van der Waals surface area contributed by atoms with Crippen LogP contribution in [-0.4, -0.2) is 15.0 Å². The first-order chi connectivity index (χ1) is 5.96. The molecule has 0 aromatic heterocycles. The molecule has 0 amide bonds. The Balaban J connectivity index is 2.92. The summed E-state index contributed by atoms with van der Waals surface area (Å²) < 4.78 is -0.885. The maximum Gasteiger partial charge on any atom is 0.248 e. The van der Waals surface area contributed by atoms with Crippen molar-refractivity contribution < 1.29 is 9.72 Å². The summed E-state index contributed by atoms with van der Waals surface area (Å²) in [5.41, 5.74) is 0.0505. The van der Waals surface area contributed by atoms with Gasteiger partial charge in [0.15, 0.2) is 5.78 Å². The molecule has 0 bridgehead atoms. The van der Waals surface area contributed by atoms with Crippen LogP contribution >= 0.6 is 15.9 Å². The van der Waals surface area contributed by atoms with Crippen molar-refractivity contribution in [2.45, 2.75) is 17.7 Å². The second kappa shape index (κ2) is 3.41. The zero-order valence-corrected chi connectivity index (χ0v) is 8.58. The topological polar surface area (TPSA) is 60.2 Å². The van der Waals surface area contributed by atoms with Crippen molar-refractivity contribution in [3.63, 3.8) is 0 Å². The Bertz CT molecular complexity index is 321. The Labute approximate surface area is 83.6 Å². The van der Waals surface area contributed by atoms with Gasteiger partial charge < -0.3 is 0 Å². The van der Waals surface area contributed by atoms with Crippen LogP contribution in [-0.2, 0) is 4.79 Å². The van der Waals surface area contributed by atoms with Crippen molar-refractivity contribution in [3.8, 4) is 0 Å². The zero-order valence-electron chi connectivity index (χ0n) is 6.99. The monoisotopic (exact) mass is 245 g/mol. The van der Waals surface area contributed by atoms with Crippen molar-refractivity contribution in [1.29, 1.82) is 0 Å². The van der Waals surface area contributed by atoms with Crippen molar-refractivity contribution in [2.75, 3.05) is 0 Å². The highest BCUT2D eigenvalue weighted by molar-refractivity contribution is 9.10. The summed E-state index contributed by atoms with van der Waals surface area (Å²) in [6, 6.07) is 0. The molecule has 4 nitrogen and oxygen atoms in total. The molecule has 0 aromatic rings. The van der Waals surface area contributed by atoms with E-state index < -0.39 is 9.25 Å². The van der Waals surface area contributed by atoms with Crippen LogP contribution < -0.4 is 0 Å². The van der Waals surface area contributed by atoms with E-state index in [4.69, 9.17) is 0 Å². The van der Waals surface area contributed by atoms with Gasteiger partial charge in [0.1, 0.15) is 4.32 Å². The summed E-state index contributed by atoms with van der Waals surface area (Å²) in [6.45, 7) is 1.40. The summed E-state index contributed by atoms with van der Waals surface area (Å²) in [5, 5.41) is 10.4. The lowest BCUT2D eigenvalue weighted by atomic mass is 9.95. The van der Waals surface area contributed by atoms with Gasteiger partial charge in [0.05, 0.1) is 11.3 Å². The highest BCUT2D eigenvalue weighted by atomic mass is 79.9. The van der Waals surface area contributed by atoms with Gasteiger partial charge in [-0.05, 0) is 6.92 Å². The number of alkyl halides is 1. The van der Waals surface area contributed by atoms with Crippen LogP contribution in [0.1, 0.15) is 13.3 Å². The highest BCUT2D eigenvalue weighted by Crippen LogP contribution is 2.32. The first-order valence-electron chi connectivity index (χ1n) is 3.68. The number of hydrogen-bond acceptors (Lipinski definition) is 3. The summed E-state index contributed by atoms with van der Waals surface area (Å²) in [6.07, 6.45) is 4.66. The molecule has 1 aliphatic rings. The minimum Gasteiger partial charge on any atom is -0.298 e. The number of hydrogen-bond donors (Lipinski definition) is 0. The van der Waals surface area contributed by atoms with Gasteiger partial charge in [-0.1, -0.05) is 28.1 Å². The van der Waals surface area contributed by atoms with E-state index in [1.165, 1.54) is 19.1 Å². The van der Waals surface area contributed by atoms with E-state index in [0.717, 1.165) is 0 Å². The van der Waals surface area contributed by atoms with E-state index in [9.17, 15) is 14.9 Å². The number of carbonyl (C=O) groups excluding carboxylic acids is 1. The third-order valence-corrected chi connectivity index (χ3v) is 3.01. The maximum absolute atomic E-state index is 11.1. The van der Waals surface area contributed by atoms with E-state index in [0.29, 0.717) is 0 Å². The van der Waals surface area contributed by atoms with Crippen molar-refractivity contribution in [3.05, 3.63) is 34.0 Å². The van der Waals surface area contributed by atoms with E-state index in [1.807, 2.05) is 0 Å². The fraction of sp³-hybridized carbons (Fsp3) is 0.375. The molecule has 0 heterocycles. The van der Waals surface area contributed by atoms with Gasteiger partial charge in [0, 0.05) is 6.08 Å². The number of halogens is 1. The highest BCUT2D eigenvalue weighted by Gasteiger charge is 2.36. The predicted octanol–water partition coefficient (Wildman–Crippen LogP) is 1.83. The maximum atomic E-state index is 11.1. The van der Waals surface area contributed by atoms with Crippen molar-refractivity contribution in [2.24, 2.45) is 0 Å². The Kier molecular flexibility index (Phi) is 2.66. The molecule has 0 saturated heterocycles. The standard InChI is InChI=1S/C8H8BrNO3/c1-6(11)8(9)4-2-3-7(5-8)10(12)13/h2-4H,5H2,1H3. The molecule has 1 rings (SSSR count). The zero-order chi connectivity index (χ0) is 10.1. The quantitative estimate of drug-likeness (QED) is 0.424. The molecule has 0 saturated carbocycles. The van der Waals surface area contributed by atoms with Gasteiger partial charge in [-0.3, -0.25) is 14.9 Å². The average molecular weight is 246 g/mol. The Morgan fingerprint density at radius 1 is 1.77 bits per heavy atom. The molecular formula is C8H8BrNO3. The second-order valence-electron chi connectivity index (χ2n) is 2.87. The van der Waals surface area contributed by atoms with Gasteiger partial charge in [-0.2, -0.15) is 0 Å². The van der Waals surface area contributed by atoms with E-state index in [2.05, 4.69) is 15.9 Å². The molecule has 5 heteroatoms. The average Bonchev–Trinajstić information content (AvgIpc) is 2.04. The molecule has 70 valence electrons. The van der Waals surface area contributed by atoms with Crippen molar-refractivity contribution >= 4 is 21.7 Å². The first-order valence-corrected chi connectivity index (χ1v) is 4.48. The summed E-state index contributed by atoms with van der Waals surface area (Å²) in [7, 11) is 0. The minimum atomic E-state index is -0.885. The summed E-state index contributed by atoms with van der Waals surface area (Å²) in [5.74, 6) is -0.129. The fourth-order valence-corrected chi connectivity index (χ4v) is 1.50. The van der Waals surface area contributed by atoms with Crippen molar-refractivity contribution in [1.82, 2.24) is 0 Å². The van der Waals surface area contributed by atoms with E-state index in [1.54, 1.807) is 6.08 Å².